The molecule has 3 rings (SSSR count). The molecule has 0 heterocycles. The van der Waals surface area contributed by atoms with Crippen molar-refractivity contribution in [1.82, 2.24) is 5.32 Å². The molecule has 0 aliphatic rings. The lowest BCUT2D eigenvalue weighted by atomic mass is 9.95. The zero-order valence-corrected chi connectivity index (χ0v) is 18.6. The summed E-state index contributed by atoms with van der Waals surface area (Å²) in [6.07, 6.45) is 1.14. The van der Waals surface area contributed by atoms with E-state index in [0.29, 0.717) is 11.4 Å². The fourth-order valence-electron chi connectivity index (χ4n) is 3.19. The van der Waals surface area contributed by atoms with Gasteiger partial charge in [0.1, 0.15) is 5.75 Å². The summed E-state index contributed by atoms with van der Waals surface area (Å²) in [5.41, 5.74) is 3.61. The molecule has 0 fully saturated rings. The van der Waals surface area contributed by atoms with Crippen LogP contribution in [-0.2, 0) is 14.8 Å². The molecule has 31 heavy (non-hydrogen) atoms. The number of rotatable bonds is 8. The average Bonchev–Trinajstić information content (AvgIpc) is 2.76. The molecule has 162 valence electrons. The second kappa shape index (κ2) is 9.66. The molecule has 0 saturated heterocycles. The number of hydrogen-bond donors (Lipinski definition) is 1. The van der Waals surface area contributed by atoms with Crippen molar-refractivity contribution in [2.75, 3.05) is 24.2 Å². The van der Waals surface area contributed by atoms with E-state index in [1.165, 1.54) is 11.4 Å². The van der Waals surface area contributed by atoms with Crippen LogP contribution in [0.1, 0.15) is 22.7 Å². The van der Waals surface area contributed by atoms with Crippen molar-refractivity contribution in [1.29, 1.82) is 0 Å². The van der Waals surface area contributed by atoms with Gasteiger partial charge in [0.15, 0.2) is 6.61 Å². The van der Waals surface area contributed by atoms with Gasteiger partial charge in [-0.3, -0.25) is 9.10 Å². The molecule has 0 unspecified atom stereocenters. The Morgan fingerprint density at radius 2 is 1.58 bits per heavy atom. The van der Waals surface area contributed by atoms with Crippen molar-refractivity contribution in [3.63, 3.8) is 0 Å². The van der Waals surface area contributed by atoms with E-state index in [1.807, 2.05) is 61.5 Å². The fourth-order valence-corrected chi connectivity index (χ4v) is 3.70. The Morgan fingerprint density at radius 3 is 2.19 bits per heavy atom. The molecule has 1 atom stereocenters. The molecule has 7 heteroatoms. The van der Waals surface area contributed by atoms with Crippen molar-refractivity contribution in [3.8, 4) is 5.75 Å². The Hall–Kier alpha value is -3.32. The molecular formula is C24H26N2O4S. The number of anilines is 1. The van der Waals surface area contributed by atoms with Gasteiger partial charge in [-0.25, -0.2) is 8.42 Å². The predicted molar refractivity (Wildman–Crippen MR) is 123 cm³/mol. The highest BCUT2D eigenvalue weighted by molar-refractivity contribution is 7.92. The van der Waals surface area contributed by atoms with E-state index >= 15 is 0 Å². The second-order valence-corrected chi connectivity index (χ2v) is 9.29. The van der Waals surface area contributed by atoms with Crippen LogP contribution < -0.4 is 14.4 Å². The van der Waals surface area contributed by atoms with Crippen LogP contribution in [0.2, 0.25) is 0 Å². The molecule has 0 radical (unpaired) electrons. The van der Waals surface area contributed by atoms with Gasteiger partial charge in [-0.05, 0) is 47.9 Å². The summed E-state index contributed by atoms with van der Waals surface area (Å²) < 4.78 is 30.1. The Labute approximate surface area is 183 Å². The first kappa shape index (κ1) is 22.4. The zero-order valence-electron chi connectivity index (χ0n) is 17.8. The van der Waals surface area contributed by atoms with Crippen LogP contribution in [0.15, 0.2) is 78.9 Å². The molecule has 0 aliphatic carbocycles. The van der Waals surface area contributed by atoms with Gasteiger partial charge in [0.05, 0.1) is 18.0 Å². The number of sulfonamides is 1. The smallest absolute Gasteiger partial charge is 0.258 e. The van der Waals surface area contributed by atoms with E-state index in [0.717, 1.165) is 22.9 Å². The average molecular weight is 439 g/mol. The third-order valence-electron chi connectivity index (χ3n) is 5.01. The minimum Gasteiger partial charge on any atom is -0.484 e. The van der Waals surface area contributed by atoms with Gasteiger partial charge in [-0.15, -0.1) is 0 Å². The van der Waals surface area contributed by atoms with Crippen LogP contribution in [-0.4, -0.2) is 34.2 Å². The fraction of sp³-hybridized carbons (Fsp3) is 0.208. The quantitative estimate of drug-likeness (QED) is 0.582. The number of carbonyl (C=O) groups is 1. The molecule has 0 bridgehead atoms. The SMILES string of the molecule is Cc1ccccc1[C@@H](NC(=O)COc1ccc(N(C)S(C)(=O)=O)cc1)c1ccccc1. The van der Waals surface area contributed by atoms with Crippen LogP contribution in [0, 0.1) is 6.92 Å². The summed E-state index contributed by atoms with van der Waals surface area (Å²) in [5, 5.41) is 3.06. The standard InChI is InChI=1S/C24H26N2O4S/c1-18-9-7-8-12-22(18)24(19-10-5-4-6-11-19)25-23(27)17-30-21-15-13-20(14-16-21)26(2)31(3,28)29/h4-16,24H,17H2,1-3H3,(H,25,27)/t24-/m0/s1. The third kappa shape index (κ3) is 5.86. The van der Waals surface area contributed by atoms with Gasteiger partial charge in [0, 0.05) is 7.05 Å². The van der Waals surface area contributed by atoms with E-state index in [-0.39, 0.29) is 18.6 Å². The number of carbonyl (C=O) groups excluding carboxylic acids is 1. The van der Waals surface area contributed by atoms with E-state index < -0.39 is 10.0 Å². The van der Waals surface area contributed by atoms with E-state index in [9.17, 15) is 13.2 Å². The number of benzene rings is 3. The van der Waals surface area contributed by atoms with Gasteiger partial charge in [0.25, 0.3) is 5.91 Å². The minimum absolute atomic E-state index is 0.156. The van der Waals surface area contributed by atoms with Crippen LogP contribution in [0.5, 0.6) is 5.75 Å². The molecule has 0 spiro atoms. The lowest BCUT2D eigenvalue weighted by Crippen LogP contribution is -2.33. The summed E-state index contributed by atoms with van der Waals surface area (Å²) in [6, 6.07) is 24.0. The largest absolute Gasteiger partial charge is 0.484 e. The van der Waals surface area contributed by atoms with Gasteiger partial charge in [-0.1, -0.05) is 54.6 Å². The number of aryl methyl sites for hydroxylation is 1. The Morgan fingerprint density at radius 1 is 0.968 bits per heavy atom. The van der Waals surface area contributed by atoms with Crippen LogP contribution in [0.3, 0.4) is 0 Å². The molecule has 0 aliphatic heterocycles. The molecule has 1 amide bonds. The topological polar surface area (TPSA) is 75.7 Å². The Kier molecular flexibility index (Phi) is 6.97. The highest BCUT2D eigenvalue weighted by Gasteiger charge is 2.19. The highest BCUT2D eigenvalue weighted by atomic mass is 32.2. The van der Waals surface area contributed by atoms with Gasteiger partial charge >= 0.3 is 0 Å². The lowest BCUT2D eigenvalue weighted by Gasteiger charge is -2.22. The number of amides is 1. The van der Waals surface area contributed by atoms with E-state index in [2.05, 4.69) is 5.32 Å². The summed E-state index contributed by atoms with van der Waals surface area (Å²) in [4.78, 5) is 12.7. The van der Waals surface area contributed by atoms with Crippen molar-refractivity contribution < 1.29 is 17.9 Å². The Balaban J connectivity index is 1.69. The zero-order chi connectivity index (χ0) is 22.4. The first-order valence-corrected chi connectivity index (χ1v) is 11.7. The van der Waals surface area contributed by atoms with Crippen molar-refractivity contribution in [2.24, 2.45) is 0 Å². The number of hydrogen-bond acceptors (Lipinski definition) is 4. The first-order chi connectivity index (χ1) is 14.8. The monoisotopic (exact) mass is 438 g/mol. The van der Waals surface area contributed by atoms with Gasteiger partial charge in [-0.2, -0.15) is 0 Å². The van der Waals surface area contributed by atoms with Crippen LogP contribution >= 0.6 is 0 Å². The molecule has 0 aromatic heterocycles. The molecule has 6 nitrogen and oxygen atoms in total. The summed E-state index contributed by atoms with van der Waals surface area (Å²) >= 11 is 0. The summed E-state index contributed by atoms with van der Waals surface area (Å²) in [7, 11) is -1.86. The number of nitrogens with one attached hydrogen (secondary N) is 1. The van der Waals surface area contributed by atoms with Gasteiger partial charge < -0.3 is 10.1 Å². The maximum Gasteiger partial charge on any atom is 0.258 e. The lowest BCUT2D eigenvalue weighted by molar-refractivity contribution is -0.123. The summed E-state index contributed by atoms with van der Waals surface area (Å²) in [5.74, 6) is 0.224. The second-order valence-electron chi connectivity index (χ2n) is 7.28. The van der Waals surface area contributed by atoms with Crippen LogP contribution in [0.25, 0.3) is 0 Å². The maximum absolute atomic E-state index is 12.7. The molecule has 1 N–H and O–H groups in total. The predicted octanol–water partition coefficient (Wildman–Crippen LogP) is 3.68. The highest BCUT2D eigenvalue weighted by Crippen LogP contribution is 2.25. The van der Waals surface area contributed by atoms with Crippen LogP contribution in [0.4, 0.5) is 5.69 Å². The summed E-state index contributed by atoms with van der Waals surface area (Å²) in [6.45, 7) is 1.86. The van der Waals surface area contributed by atoms with E-state index in [1.54, 1.807) is 24.3 Å². The van der Waals surface area contributed by atoms with Crippen molar-refractivity contribution in [3.05, 3.63) is 95.6 Å². The molecular weight excluding hydrogens is 412 g/mol. The van der Waals surface area contributed by atoms with Gasteiger partial charge in [0.2, 0.25) is 10.0 Å². The first-order valence-electron chi connectivity index (χ1n) is 9.82. The van der Waals surface area contributed by atoms with E-state index in [4.69, 9.17) is 4.74 Å². The molecule has 0 saturated carbocycles. The van der Waals surface area contributed by atoms with Crippen molar-refractivity contribution >= 4 is 21.6 Å². The number of ether oxygens (including phenoxy) is 1. The molecule has 3 aromatic carbocycles. The maximum atomic E-state index is 12.7. The normalized spacial score (nSPS) is 12.1. The molecule has 3 aromatic rings. The number of nitrogens with zero attached hydrogens (tertiary/aromatic N) is 1. The minimum atomic E-state index is -3.34. The Bertz CT molecular complexity index is 1130. The van der Waals surface area contributed by atoms with Crippen molar-refractivity contribution in [2.45, 2.75) is 13.0 Å². The third-order valence-corrected chi connectivity index (χ3v) is 6.21.